The van der Waals surface area contributed by atoms with Gasteiger partial charge in [0.15, 0.2) is 5.82 Å². The van der Waals surface area contributed by atoms with Crippen LogP contribution in [0.4, 0.5) is 0 Å². The van der Waals surface area contributed by atoms with Crippen LogP contribution in [0.25, 0.3) is 0 Å². The zero-order valence-electron chi connectivity index (χ0n) is 11.0. The molecule has 19 heavy (non-hydrogen) atoms. The number of hydrogen-bond acceptors (Lipinski definition) is 7. The second-order valence-corrected chi connectivity index (χ2v) is 6.04. The summed E-state index contributed by atoms with van der Waals surface area (Å²) in [5.74, 6) is 1.18. The number of aromatic nitrogens is 3. The summed E-state index contributed by atoms with van der Waals surface area (Å²) in [7, 11) is 0. The average Bonchev–Trinajstić information content (AvgIpc) is 2.94. The minimum atomic E-state index is -0.0966. The number of nitrogens with one attached hydrogen (secondary N) is 1. The molecule has 0 aliphatic carbocycles. The van der Waals surface area contributed by atoms with Crippen LogP contribution in [0.5, 0.6) is 0 Å². The summed E-state index contributed by atoms with van der Waals surface area (Å²) in [5.41, 5.74) is 0.881. The van der Waals surface area contributed by atoms with Crippen molar-refractivity contribution >= 4 is 11.3 Å². The Labute approximate surface area is 115 Å². The largest absolute Gasteiger partial charge is 0.363 e. The molecule has 1 aliphatic rings. The van der Waals surface area contributed by atoms with Crippen molar-refractivity contribution in [2.75, 3.05) is 13.1 Å². The molecular weight excluding hydrogens is 264 g/mol. The Kier molecular flexibility index (Phi) is 3.34. The van der Waals surface area contributed by atoms with Gasteiger partial charge in [-0.25, -0.2) is 4.98 Å². The van der Waals surface area contributed by atoms with E-state index in [1.54, 1.807) is 11.3 Å². The third-order valence-corrected chi connectivity index (χ3v) is 3.88. The number of aryl methyl sites for hydroxylation is 1. The predicted molar refractivity (Wildman–Crippen MR) is 70.0 cm³/mol. The van der Waals surface area contributed by atoms with Crippen LogP contribution >= 0.6 is 11.3 Å². The van der Waals surface area contributed by atoms with Gasteiger partial charge in [-0.15, -0.1) is 11.3 Å². The van der Waals surface area contributed by atoms with Crippen LogP contribution in [0.15, 0.2) is 9.90 Å². The van der Waals surface area contributed by atoms with Crippen LogP contribution in [-0.4, -0.2) is 33.8 Å². The first-order valence-corrected chi connectivity index (χ1v) is 7.08. The molecule has 0 aromatic carbocycles. The molecule has 0 bridgehead atoms. The van der Waals surface area contributed by atoms with Gasteiger partial charge < -0.3 is 14.6 Å². The van der Waals surface area contributed by atoms with Gasteiger partial charge in [0.2, 0.25) is 0 Å². The van der Waals surface area contributed by atoms with Gasteiger partial charge in [-0.1, -0.05) is 5.16 Å². The maximum atomic E-state index is 5.75. The lowest BCUT2D eigenvalue weighted by Crippen LogP contribution is -2.58. The first-order chi connectivity index (χ1) is 9.13. The highest BCUT2D eigenvalue weighted by Gasteiger charge is 2.32. The van der Waals surface area contributed by atoms with Crippen LogP contribution in [0.2, 0.25) is 0 Å². The van der Waals surface area contributed by atoms with Crippen molar-refractivity contribution in [3.63, 3.8) is 0 Å². The van der Waals surface area contributed by atoms with E-state index in [1.165, 1.54) is 0 Å². The van der Waals surface area contributed by atoms with Crippen molar-refractivity contribution < 1.29 is 9.26 Å². The van der Waals surface area contributed by atoms with Crippen LogP contribution in [0.1, 0.15) is 29.3 Å². The van der Waals surface area contributed by atoms with Crippen molar-refractivity contribution in [3.8, 4) is 0 Å². The van der Waals surface area contributed by atoms with Gasteiger partial charge in [-0.05, 0) is 13.8 Å². The molecule has 0 radical (unpaired) electrons. The molecule has 0 atom stereocenters. The summed E-state index contributed by atoms with van der Waals surface area (Å²) in [5, 5.41) is 10.2. The summed E-state index contributed by atoms with van der Waals surface area (Å²) < 4.78 is 10.9. The zero-order chi connectivity index (χ0) is 13.3. The maximum Gasteiger partial charge on any atom is 0.252 e. The normalized spacial score (nSPS) is 17.4. The molecule has 1 aliphatic heterocycles. The fourth-order valence-electron chi connectivity index (χ4n) is 1.89. The van der Waals surface area contributed by atoms with Crippen LogP contribution in [0.3, 0.4) is 0 Å². The number of ether oxygens (including phenoxy) is 1. The van der Waals surface area contributed by atoms with E-state index in [0.29, 0.717) is 24.7 Å². The minimum Gasteiger partial charge on any atom is -0.363 e. The standard InChI is InChI=1S/C12H16N4O2S/c1-8-14-9(5-19-8)3-10-15-11(18-16-10)4-17-12(2)6-13-7-12/h5,13H,3-4,6-7H2,1-2H3. The highest BCUT2D eigenvalue weighted by Crippen LogP contribution is 2.17. The number of nitrogens with zero attached hydrogens (tertiary/aromatic N) is 3. The first kappa shape index (κ1) is 12.7. The fourth-order valence-corrected chi connectivity index (χ4v) is 2.50. The van der Waals surface area contributed by atoms with E-state index < -0.39 is 0 Å². The molecule has 1 N–H and O–H groups in total. The summed E-state index contributed by atoms with van der Waals surface area (Å²) in [6.45, 7) is 6.15. The molecule has 0 unspecified atom stereocenters. The first-order valence-electron chi connectivity index (χ1n) is 6.20. The van der Waals surface area contributed by atoms with Crippen molar-refractivity contribution in [3.05, 3.63) is 27.8 Å². The topological polar surface area (TPSA) is 73.1 Å². The smallest absolute Gasteiger partial charge is 0.252 e. The van der Waals surface area contributed by atoms with Crippen molar-refractivity contribution in [2.45, 2.75) is 32.5 Å². The lowest BCUT2D eigenvalue weighted by molar-refractivity contribution is -0.0841. The quantitative estimate of drug-likeness (QED) is 0.890. The third-order valence-electron chi connectivity index (χ3n) is 3.06. The average molecular weight is 280 g/mol. The molecule has 0 spiro atoms. The van der Waals surface area contributed by atoms with Crippen LogP contribution < -0.4 is 5.32 Å². The van der Waals surface area contributed by atoms with E-state index in [2.05, 4.69) is 27.4 Å². The van der Waals surface area contributed by atoms with Crippen LogP contribution in [-0.2, 0) is 17.8 Å². The molecule has 1 saturated heterocycles. The monoisotopic (exact) mass is 280 g/mol. The van der Waals surface area contributed by atoms with E-state index in [9.17, 15) is 0 Å². The Morgan fingerprint density at radius 1 is 1.47 bits per heavy atom. The van der Waals surface area contributed by atoms with E-state index in [-0.39, 0.29) is 5.60 Å². The third kappa shape index (κ3) is 2.99. The molecule has 102 valence electrons. The Bertz CT molecular complexity index is 562. The minimum absolute atomic E-state index is 0.0966. The highest BCUT2D eigenvalue weighted by atomic mass is 32.1. The molecule has 7 heteroatoms. The zero-order valence-corrected chi connectivity index (χ0v) is 11.8. The molecule has 2 aromatic heterocycles. The second-order valence-electron chi connectivity index (χ2n) is 4.98. The Morgan fingerprint density at radius 3 is 2.95 bits per heavy atom. The molecule has 6 nitrogen and oxygen atoms in total. The highest BCUT2D eigenvalue weighted by molar-refractivity contribution is 7.09. The predicted octanol–water partition coefficient (Wildman–Crippen LogP) is 1.30. The van der Waals surface area contributed by atoms with Gasteiger partial charge in [0, 0.05) is 18.5 Å². The van der Waals surface area contributed by atoms with Crippen LogP contribution in [0, 0.1) is 6.92 Å². The fraction of sp³-hybridized carbons (Fsp3) is 0.583. The lowest BCUT2D eigenvalue weighted by Gasteiger charge is -2.38. The summed E-state index contributed by atoms with van der Waals surface area (Å²) in [6.07, 6.45) is 0.604. The Hall–Kier alpha value is -1.31. The number of rotatable bonds is 5. The van der Waals surface area contributed by atoms with E-state index in [4.69, 9.17) is 9.26 Å². The van der Waals surface area contributed by atoms with Gasteiger partial charge in [-0.2, -0.15) is 4.98 Å². The van der Waals surface area contributed by atoms with Crippen molar-refractivity contribution in [2.24, 2.45) is 0 Å². The van der Waals surface area contributed by atoms with Gasteiger partial charge >= 0.3 is 0 Å². The lowest BCUT2D eigenvalue weighted by atomic mass is 10.0. The maximum absolute atomic E-state index is 5.75. The Balaban J connectivity index is 1.57. The SMILES string of the molecule is Cc1nc(Cc2noc(COC3(C)CNC3)n2)cs1. The van der Waals surface area contributed by atoms with Gasteiger partial charge in [0.05, 0.1) is 22.7 Å². The summed E-state index contributed by atoms with van der Waals surface area (Å²) in [6, 6.07) is 0. The molecule has 2 aromatic rings. The number of thiazole rings is 1. The number of hydrogen-bond donors (Lipinski definition) is 1. The molecule has 0 amide bonds. The van der Waals surface area contributed by atoms with E-state index in [1.807, 2.05) is 12.3 Å². The van der Waals surface area contributed by atoms with E-state index in [0.717, 1.165) is 23.8 Å². The summed E-state index contributed by atoms with van der Waals surface area (Å²) in [4.78, 5) is 8.70. The molecule has 1 fully saturated rings. The molecule has 0 saturated carbocycles. The Morgan fingerprint density at radius 2 is 2.32 bits per heavy atom. The second kappa shape index (κ2) is 4.99. The van der Waals surface area contributed by atoms with E-state index >= 15 is 0 Å². The van der Waals surface area contributed by atoms with Crippen molar-refractivity contribution in [1.29, 1.82) is 0 Å². The summed E-state index contributed by atoms with van der Waals surface area (Å²) >= 11 is 1.63. The molecule has 3 heterocycles. The van der Waals surface area contributed by atoms with Gasteiger partial charge in [0.1, 0.15) is 6.61 Å². The molecular formula is C12H16N4O2S. The molecule has 3 rings (SSSR count). The van der Waals surface area contributed by atoms with Gasteiger partial charge in [-0.3, -0.25) is 0 Å². The van der Waals surface area contributed by atoms with Gasteiger partial charge in [0.25, 0.3) is 5.89 Å². The van der Waals surface area contributed by atoms with Crippen molar-refractivity contribution in [1.82, 2.24) is 20.4 Å².